The van der Waals surface area contributed by atoms with Crippen LogP contribution in [0.25, 0.3) is 11.1 Å². The number of carbonyl (C=O) groups is 1. The van der Waals surface area contributed by atoms with Gasteiger partial charge in [-0.3, -0.25) is 10.2 Å². The zero-order valence-corrected chi connectivity index (χ0v) is 21.7. The first kappa shape index (κ1) is 28.2. The number of rotatable bonds is 9. The first-order valence-corrected chi connectivity index (χ1v) is 12.6. The van der Waals surface area contributed by atoms with Crippen molar-refractivity contribution in [1.82, 2.24) is 5.32 Å². The Bertz CT molecular complexity index is 1290. The molecule has 0 saturated carbocycles. The Morgan fingerprint density at radius 3 is 2.03 bits per heavy atom. The normalized spacial score (nSPS) is 11.9. The molecule has 0 radical (unpaired) electrons. The number of nitrogens with two attached hydrogens (primary N) is 2. The van der Waals surface area contributed by atoms with Crippen molar-refractivity contribution < 1.29 is 9.90 Å². The van der Waals surface area contributed by atoms with Gasteiger partial charge in [-0.25, -0.2) is 0 Å². The topological polar surface area (TPSA) is 125 Å². The highest BCUT2D eigenvalue weighted by atomic mass is 16.3. The van der Waals surface area contributed by atoms with Gasteiger partial charge in [0.25, 0.3) is 5.91 Å². The SMILES string of the molecule is Cc1cccc(CC(CO)C(Cc2ccccc2)NC(=O)c2ccc(-c3ccc(N)cc3)cc2)c1.N=CN. The van der Waals surface area contributed by atoms with E-state index in [1.54, 1.807) is 0 Å². The van der Waals surface area contributed by atoms with Crippen molar-refractivity contribution in [3.8, 4) is 11.1 Å². The molecule has 0 bridgehead atoms. The number of nitrogen functional groups attached to an aromatic ring is 1. The summed E-state index contributed by atoms with van der Waals surface area (Å²) < 4.78 is 0. The molecule has 1 amide bonds. The molecule has 2 unspecified atom stereocenters. The van der Waals surface area contributed by atoms with Gasteiger partial charge in [-0.15, -0.1) is 0 Å². The smallest absolute Gasteiger partial charge is 0.251 e. The largest absolute Gasteiger partial charge is 0.399 e. The lowest BCUT2D eigenvalue weighted by Crippen LogP contribution is -2.44. The average molecular weight is 509 g/mol. The van der Waals surface area contributed by atoms with E-state index < -0.39 is 0 Å². The average Bonchev–Trinajstić information content (AvgIpc) is 2.93. The Kier molecular flexibility index (Phi) is 10.6. The first-order valence-electron chi connectivity index (χ1n) is 12.6. The van der Waals surface area contributed by atoms with E-state index >= 15 is 0 Å². The van der Waals surface area contributed by atoms with Crippen molar-refractivity contribution in [2.45, 2.75) is 25.8 Å². The number of benzene rings is 4. The number of aliphatic hydroxyl groups is 1. The molecule has 38 heavy (non-hydrogen) atoms. The summed E-state index contributed by atoms with van der Waals surface area (Å²) in [4.78, 5) is 13.3. The lowest BCUT2D eigenvalue weighted by atomic mass is 9.88. The summed E-state index contributed by atoms with van der Waals surface area (Å²) in [5.41, 5.74) is 17.0. The number of hydrogen-bond acceptors (Lipinski definition) is 4. The van der Waals surface area contributed by atoms with Crippen LogP contribution in [0.2, 0.25) is 0 Å². The van der Waals surface area contributed by atoms with E-state index in [1.807, 2.05) is 72.8 Å². The molecule has 0 aromatic heterocycles. The monoisotopic (exact) mass is 508 g/mol. The number of nitrogens with one attached hydrogen (secondary N) is 2. The second-order valence-corrected chi connectivity index (χ2v) is 9.27. The number of aliphatic hydroxyl groups excluding tert-OH is 1. The second-order valence-electron chi connectivity index (χ2n) is 9.27. The van der Waals surface area contributed by atoms with Crippen LogP contribution < -0.4 is 16.8 Å². The van der Waals surface area contributed by atoms with Crippen LogP contribution in [-0.4, -0.2) is 30.0 Å². The minimum Gasteiger partial charge on any atom is -0.399 e. The maximum Gasteiger partial charge on any atom is 0.251 e. The highest BCUT2D eigenvalue weighted by Gasteiger charge is 2.24. The molecule has 0 saturated heterocycles. The second kappa shape index (κ2) is 14.4. The zero-order chi connectivity index (χ0) is 27.3. The Balaban J connectivity index is 0.00000127. The van der Waals surface area contributed by atoms with E-state index in [0.29, 0.717) is 18.4 Å². The van der Waals surface area contributed by atoms with E-state index in [4.69, 9.17) is 11.1 Å². The molecule has 0 spiro atoms. The number of amides is 1. The van der Waals surface area contributed by atoms with Gasteiger partial charge in [0.05, 0.1) is 6.34 Å². The van der Waals surface area contributed by atoms with Crippen LogP contribution in [0.5, 0.6) is 0 Å². The predicted molar refractivity (Wildman–Crippen MR) is 156 cm³/mol. The molecule has 7 N–H and O–H groups in total. The van der Waals surface area contributed by atoms with Gasteiger partial charge in [0, 0.05) is 29.8 Å². The molecule has 0 heterocycles. The molecule has 4 aromatic rings. The first-order chi connectivity index (χ1) is 18.4. The van der Waals surface area contributed by atoms with Gasteiger partial charge in [0.1, 0.15) is 0 Å². The summed E-state index contributed by atoms with van der Waals surface area (Å²) >= 11 is 0. The Morgan fingerprint density at radius 1 is 0.868 bits per heavy atom. The van der Waals surface area contributed by atoms with Gasteiger partial charge in [0.15, 0.2) is 0 Å². The molecule has 0 aliphatic carbocycles. The molecule has 196 valence electrons. The van der Waals surface area contributed by atoms with Crippen LogP contribution in [0.4, 0.5) is 5.69 Å². The van der Waals surface area contributed by atoms with Gasteiger partial charge < -0.3 is 21.9 Å². The van der Waals surface area contributed by atoms with E-state index in [0.717, 1.165) is 34.3 Å². The van der Waals surface area contributed by atoms with Gasteiger partial charge in [0.2, 0.25) is 0 Å². The zero-order valence-electron chi connectivity index (χ0n) is 21.7. The Hall–Kier alpha value is -4.42. The van der Waals surface area contributed by atoms with Crippen LogP contribution in [0, 0.1) is 18.3 Å². The highest BCUT2D eigenvalue weighted by Crippen LogP contribution is 2.22. The number of hydrogen-bond donors (Lipinski definition) is 5. The Labute approximate surface area is 224 Å². The molecule has 6 heteroatoms. The van der Waals surface area contributed by atoms with Crippen LogP contribution in [-0.2, 0) is 12.8 Å². The van der Waals surface area contributed by atoms with Gasteiger partial charge in [-0.1, -0.05) is 84.4 Å². The van der Waals surface area contributed by atoms with Crippen LogP contribution in [0.15, 0.2) is 103 Å². The lowest BCUT2D eigenvalue weighted by Gasteiger charge is -2.27. The van der Waals surface area contributed by atoms with Gasteiger partial charge in [-0.05, 0) is 66.3 Å². The summed E-state index contributed by atoms with van der Waals surface area (Å²) in [5.74, 6) is -0.257. The maximum atomic E-state index is 13.3. The summed E-state index contributed by atoms with van der Waals surface area (Å²) in [7, 11) is 0. The molecular formula is C32H36N4O2. The summed E-state index contributed by atoms with van der Waals surface area (Å²) in [6, 6.07) is 33.4. The fourth-order valence-corrected chi connectivity index (χ4v) is 4.42. The molecular weight excluding hydrogens is 472 g/mol. The van der Waals surface area contributed by atoms with E-state index in [-0.39, 0.29) is 24.5 Å². The van der Waals surface area contributed by atoms with Gasteiger partial charge >= 0.3 is 0 Å². The minimum atomic E-state index is -0.216. The quantitative estimate of drug-likeness (QED) is 0.124. The van der Waals surface area contributed by atoms with E-state index in [9.17, 15) is 9.90 Å². The van der Waals surface area contributed by atoms with Gasteiger partial charge in [-0.2, -0.15) is 0 Å². The van der Waals surface area contributed by atoms with Crippen molar-refractivity contribution in [1.29, 1.82) is 5.41 Å². The lowest BCUT2D eigenvalue weighted by molar-refractivity contribution is 0.0903. The van der Waals surface area contributed by atoms with Crippen molar-refractivity contribution in [3.63, 3.8) is 0 Å². The van der Waals surface area contributed by atoms with Crippen molar-refractivity contribution in [3.05, 3.63) is 125 Å². The van der Waals surface area contributed by atoms with E-state index in [2.05, 4.69) is 48.3 Å². The summed E-state index contributed by atoms with van der Waals surface area (Å²) in [6.07, 6.45) is 2.08. The predicted octanol–water partition coefficient (Wildman–Crippen LogP) is 4.99. The molecule has 4 rings (SSSR count). The summed E-state index contributed by atoms with van der Waals surface area (Å²) in [6.45, 7) is 2.05. The van der Waals surface area contributed by atoms with Crippen molar-refractivity contribution >= 4 is 17.9 Å². The molecule has 2 atom stereocenters. The molecule has 4 aromatic carbocycles. The third-order valence-corrected chi connectivity index (χ3v) is 6.39. The molecule has 0 aliphatic rings. The standard InChI is InChI=1S/C31H32N2O2.CH4N2/c1-22-6-5-9-24(18-22)19-28(21-34)30(20-23-7-3-2-4-8-23)33-31(35)27-12-10-25(11-13-27)26-14-16-29(32)17-15-26;2-1-3/h2-18,28,30,34H,19-21,32H2,1H3,(H,33,35);1H,(H3,2,3). The number of anilines is 1. The third kappa shape index (κ3) is 8.32. The summed E-state index contributed by atoms with van der Waals surface area (Å²) in [5, 5.41) is 19.4. The molecule has 6 nitrogen and oxygen atoms in total. The van der Waals surface area contributed by atoms with Crippen molar-refractivity contribution in [2.75, 3.05) is 12.3 Å². The van der Waals surface area contributed by atoms with Crippen LogP contribution >= 0.6 is 0 Å². The maximum absolute atomic E-state index is 13.3. The number of carbonyl (C=O) groups excluding carboxylic acids is 1. The third-order valence-electron chi connectivity index (χ3n) is 6.39. The van der Waals surface area contributed by atoms with Crippen LogP contribution in [0.3, 0.4) is 0 Å². The van der Waals surface area contributed by atoms with Crippen LogP contribution in [0.1, 0.15) is 27.0 Å². The van der Waals surface area contributed by atoms with E-state index in [1.165, 1.54) is 5.56 Å². The fourth-order valence-electron chi connectivity index (χ4n) is 4.42. The fraction of sp³-hybridized carbons (Fsp3) is 0.188. The molecule has 0 aliphatic heterocycles. The van der Waals surface area contributed by atoms with Crippen molar-refractivity contribution in [2.24, 2.45) is 11.7 Å². The Morgan fingerprint density at radius 2 is 1.45 bits per heavy atom. The number of aryl methyl sites for hydroxylation is 1. The minimum absolute atomic E-state index is 0.0121. The molecule has 0 fully saturated rings. The highest BCUT2D eigenvalue weighted by molar-refractivity contribution is 5.95.